The maximum Gasteiger partial charge on any atom is 0.270 e. The molecule has 1 aromatic heterocycles. The molecule has 4 rings (SSSR count). The van der Waals surface area contributed by atoms with Crippen molar-refractivity contribution in [1.82, 2.24) is 20.2 Å². The summed E-state index contributed by atoms with van der Waals surface area (Å²) in [7, 11) is 0. The molecule has 3 heterocycles. The van der Waals surface area contributed by atoms with Crippen molar-refractivity contribution in [2.24, 2.45) is 5.10 Å². The molecule has 2 aliphatic heterocycles. The number of amides is 3. The summed E-state index contributed by atoms with van der Waals surface area (Å²) in [6, 6.07) is 5.54. The first-order valence-corrected chi connectivity index (χ1v) is 8.85. The molecular weight excluding hydrogens is 350 g/mol. The van der Waals surface area contributed by atoms with Gasteiger partial charge in [0.05, 0.1) is 6.42 Å². The number of carbonyl (C=O) groups excluding carboxylic acids is 3. The van der Waals surface area contributed by atoms with E-state index in [0.717, 1.165) is 11.1 Å². The highest BCUT2D eigenvalue weighted by atomic mass is 16.3. The number of hydrogen-bond acceptors (Lipinski definition) is 6. The summed E-state index contributed by atoms with van der Waals surface area (Å²) in [6.45, 7) is 1.88. The average Bonchev–Trinajstić information content (AvgIpc) is 3.16. The van der Waals surface area contributed by atoms with Crippen LogP contribution < -0.4 is 5.43 Å². The highest BCUT2D eigenvalue weighted by Crippen LogP contribution is 2.16. The number of nitrogens with zero attached hydrogens (tertiary/aromatic N) is 4. The van der Waals surface area contributed by atoms with Crippen LogP contribution in [-0.2, 0) is 20.8 Å². The number of piperazine rings is 1. The first kappa shape index (κ1) is 17.2. The number of carbonyl (C=O) groups is 3. The van der Waals surface area contributed by atoms with Crippen LogP contribution in [0.4, 0.5) is 0 Å². The molecule has 0 atom stereocenters. The third kappa shape index (κ3) is 3.67. The number of rotatable bonds is 3. The van der Waals surface area contributed by atoms with Crippen molar-refractivity contribution in [3.63, 3.8) is 0 Å². The third-order valence-electron chi connectivity index (χ3n) is 4.82. The summed E-state index contributed by atoms with van der Waals surface area (Å²) < 4.78 is 5.27. The lowest BCUT2D eigenvalue weighted by Crippen LogP contribution is -2.53. The quantitative estimate of drug-likeness (QED) is 0.838. The van der Waals surface area contributed by atoms with Crippen molar-refractivity contribution in [3.05, 3.63) is 30.2 Å². The molecule has 2 aromatic rings. The molecular formula is C18H19N5O4. The summed E-state index contributed by atoms with van der Waals surface area (Å²) in [6.07, 6.45) is 2.30. The van der Waals surface area contributed by atoms with Gasteiger partial charge >= 0.3 is 0 Å². The molecule has 1 aromatic carbocycles. The lowest BCUT2D eigenvalue weighted by molar-refractivity contribution is -0.136. The van der Waals surface area contributed by atoms with Crippen LogP contribution in [0.25, 0.3) is 11.1 Å². The van der Waals surface area contributed by atoms with E-state index in [1.54, 1.807) is 9.80 Å². The number of hydrogen-bond donors (Lipinski definition) is 1. The fourth-order valence-corrected chi connectivity index (χ4v) is 3.27. The van der Waals surface area contributed by atoms with E-state index in [-0.39, 0.29) is 30.6 Å². The Labute approximate surface area is 155 Å². The molecule has 1 saturated heterocycles. The molecule has 9 nitrogen and oxygen atoms in total. The molecule has 0 aliphatic carbocycles. The van der Waals surface area contributed by atoms with Gasteiger partial charge in [-0.15, -0.1) is 0 Å². The van der Waals surface area contributed by atoms with Crippen LogP contribution >= 0.6 is 0 Å². The average molecular weight is 369 g/mol. The summed E-state index contributed by atoms with van der Waals surface area (Å²) >= 11 is 0. The Morgan fingerprint density at radius 1 is 1.11 bits per heavy atom. The van der Waals surface area contributed by atoms with Crippen LogP contribution in [0.1, 0.15) is 18.4 Å². The summed E-state index contributed by atoms with van der Waals surface area (Å²) in [4.78, 5) is 43.7. The standard InChI is InChI=1S/C18H19N5O4/c24-16-4-3-14(20-21-16)18(26)23-7-5-22(6-8-23)17(25)10-12-1-2-13-15(9-12)27-11-19-13/h1-2,9,11H,3-8,10H2,(H,21,24). The summed E-state index contributed by atoms with van der Waals surface area (Å²) in [5.74, 6) is -0.327. The van der Waals surface area contributed by atoms with E-state index in [1.165, 1.54) is 6.39 Å². The molecule has 0 unspecified atom stereocenters. The van der Waals surface area contributed by atoms with Crippen LogP contribution in [-0.4, -0.2) is 64.4 Å². The summed E-state index contributed by atoms with van der Waals surface area (Å²) in [5.41, 5.74) is 5.01. The number of benzene rings is 1. The van der Waals surface area contributed by atoms with E-state index in [1.807, 2.05) is 18.2 Å². The zero-order valence-electron chi connectivity index (χ0n) is 14.7. The van der Waals surface area contributed by atoms with E-state index >= 15 is 0 Å². The van der Waals surface area contributed by atoms with Gasteiger partial charge in [0.2, 0.25) is 11.8 Å². The van der Waals surface area contributed by atoms with E-state index in [9.17, 15) is 14.4 Å². The lowest BCUT2D eigenvalue weighted by atomic mass is 10.1. The Hall–Kier alpha value is -3.23. The highest BCUT2D eigenvalue weighted by Gasteiger charge is 2.28. The molecule has 0 bridgehead atoms. The fourth-order valence-electron chi connectivity index (χ4n) is 3.27. The predicted octanol–water partition coefficient (Wildman–Crippen LogP) is 0.307. The SMILES string of the molecule is O=C1CCC(C(=O)N2CCN(C(=O)Cc3ccc4ncoc4c3)CC2)=NN1. The molecule has 0 spiro atoms. The Morgan fingerprint density at radius 3 is 2.63 bits per heavy atom. The van der Waals surface area contributed by atoms with Crippen molar-refractivity contribution in [2.45, 2.75) is 19.3 Å². The van der Waals surface area contributed by atoms with Crippen LogP contribution in [0.3, 0.4) is 0 Å². The van der Waals surface area contributed by atoms with E-state index < -0.39 is 0 Å². The second-order valence-corrected chi connectivity index (χ2v) is 6.60. The second-order valence-electron chi connectivity index (χ2n) is 6.60. The molecule has 27 heavy (non-hydrogen) atoms. The Morgan fingerprint density at radius 2 is 1.89 bits per heavy atom. The van der Waals surface area contributed by atoms with Gasteiger partial charge in [-0.2, -0.15) is 5.10 Å². The van der Waals surface area contributed by atoms with Gasteiger partial charge in [0, 0.05) is 39.0 Å². The van der Waals surface area contributed by atoms with Gasteiger partial charge in [0.1, 0.15) is 11.2 Å². The molecule has 9 heteroatoms. The highest BCUT2D eigenvalue weighted by molar-refractivity contribution is 6.39. The second kappa shape index (κ2) is 7.18. The normalized spacial score (nSPS) is 17.6. The Balaban J connectivity index is 1.32. The summed E-state index contributed by atoms with van der Waals surface area (Å²) in [5, 5.41) is 3.85. The van der Waals surface area contributed by atoms with Gasteiger partial charge in [-0.05, 0) is 17.7 Å². The first-order valence-electron chi connectivity index (χ1n) is 8.85. The molecule has 1 N–H and O–H groups in total. The van der Waals surface area contributed by atoms with Gasteiger partial charge in [-0.1, -0.05) is 6.07 Å². The largest absolute Gasteiger partial charge is 0.443 e. The number of hydrazone groups is 1. The first-order chi connectivity index (χ1) is 13.1. The molecule has 2 aliphatic rings. The lowest BCUT2D eigenvalue weighted by Gasteiger charge is -2.35. The van der Waals surface area contributed by atoms with E-state index in [2.05, 4.69) is 15.5 Å². The van der Waals surface area contributed by atoms with Crippen LogP contribution in [0.2, 0.25) is 0 Å². The minimum atomic E-state index is -0.175. The number of aromatic nitrogens is 1. The van der Waals surface area contributed by atoms with Crippen LogP contribution in [0.5, 0.6) is 0 Å². The van der Waals surface area contributed by atoms with Crippen molar-refractivity contribution < 1.29 is 18.8 Å². The van der Waals surface area contributed by atoms with Crippen LogP contribution in [0.15, 0.2) is 34.1 Å². The van der Waals surface area contributed by atoms with Crippen molar-refractivity contribution >= 4 is 34.5 Å². The van der Waals surface area contributed by atoms with E-state index in [4.69, 9.17) is 4.42 Å². The van der Waals surface area contributed by atoms with Crippen LogP contribution in [0, 0.1) is 0 Å². The zero-order valence-corrected chi connectivity index (χ0v) is 14.7. The molecule has 0 radical (unpaired) electrons. The minimum absolute atomic E-state index is 0.0169. The maximum atomic E-state index is 12.6. The van der Waals surface area contributed by atoms with Gasteiger partial charge < -0.3 is 14.2 Å². The van der Waals surface area contributed by atoms with Crippen molar-refractivity contribution in [2.75, 3.05) is 26.2 Å². The smallest absolute Gasteiger partial charge is 0.270 e. The predicted molar refractivity (Wildman–Crippen MR) is 95.7 cm³/mol. The fraction of sp³-hybridized carbons (Fsp3) is 0.389. The van der Waals surface area contributed by atoms with E-state index in [0.29, 0.717) is 43.9 Å². The number of nitrogens with one attached hydrogen (secondary N) is 1. The monoisotopic (exact) mass is 369 g/mol. The van der Waals surface area contributed by atoms with Gasteiger partial charge in [0.15, 0.2) is 12.0 Å². The van der Waals surface area contributed by atoms with Gasteiger partial charge in [-0.25, -0.2) is 10.4 Å². The van der Waals surface area contributed by atoms with Crippen molar-refractivity contribution in [1.29, 1.82) is 0 Å². The molecule has 1 fully saturated rings. The topological polar surface area (TPSA) is 108 Å². The zero-order chi connectivity index (χ0) is 18.8. The maximum absolute atomic E-state index is 12.6. The number of oxazole rings is 1. The van der Waals surface area contributed by atoms with Gasteiger partial charge in [-0.3, -0.25) is 14.4 Å². The minimum Gasteiger partial charge on any atom is -0.443 e. The Bertz CT molecular complexity index is 927. The molecule has 0 saturated carbocycles. The number of fused-ring (bicyclic) bond motifs is 1. The third-order valence-corrected chi connectivity index (χ3v) is 4.82. The molecule has 140 valence electrons. The van der Waals surface area contributed by atoms with Gasteiger partial charge in [0.25, 0.3) is 5.91 Å². The Kier molecular flexibility index (Phi) is 4.57. The molecule has 3 amide bonds. The van der Waals surface area contributed by atoms with Crippen molar-refractivity contribution in [3.8, 4) is 0 Å².